The average molecular weight is 449 g/mol. The highest BCUT2D eigenvalue weighted by Gasteiger charge is 2.29. The van der Waals surface area contributed by atoms with Crippen molar-refractivity contribution >= 4 is 22.9 Å². The summed E-state index contributed by atoms with van der Waals surface area (Å²) in [7, 11) is 0. The van der Waals surface area contributed by atoms with Crippen molar-refractivity contribution in [1.29, 1.82) is 0 Å². The number of aromatic nitrogens is 2. The second-order valence-electron chi connectivity index (χ2n) is 9.84. The third-order valence-electron chi connectivity index (χ3n) is 7.37. The minimum Gasteiger partial charge on any atom is -0.353 e. The van der Waals surface area contributed by atoms with Crippen LogP contribution in [0.4, 0.5) is 10.3 Å². The number of piperidine rings is 1. The van der Waals surface area contributed by atoms with E-state index in [0.29, 0.717) is 12.6 Å². The van der Waals surface area contributed by atoms with Gasteiger partial charge in [0.05, 0.1) is 17.6 Å². The van der Waals surface area contributed by atoms with Gasteiger partial charge in [-0.05, 0) is 74.3 Å². The minimum atomic E-state index is -0.224. The Morgan fingerprint density at radius 3 is 2.55 bits per heavy atom. The molecule has 0 spiro atoms. The number of hydrogen-bond donors (Lipinski definition) is 1. The van der Waals surface area contributed by atoms with E-state index in [2.05, 4.69) is 27.8 Å². The highest BCUT2D eigenvalue weighted by Crippen LogP contribution is 2.29. The quantitative estimate of drug-likeness (QED) is 0.588. The zero-order valence-electron chi connectivity index (χ0n) is 19.3. The van der Waals surface area contributed by atoms with Crippen LogP contribution in [0, 0.1) is 17.7 Å². The molecule has 2 aliphatic rings. The van der Waals surface area contributed by atoms with Gasteiger partial charge in [-0.15, -0.1) is 0 Å². The van der Waals surface area contributed by atoms with E-state index in [0.717, 1.165) is 67.2 Å². The summed E-state index contributed by atoms with van der Waals surface area (Å²) < 4.78 is 16.0. The van der Waals surface area contributed by atoms with Crippen LogP contribution >= 0.6 is 0 Å². The van der Waals surface area contributed by atoms with Gasteiger partial charge >= 0.3 is 0 Å². The highest BCUT2D eigenvalue weighted by atomic mass is 19.1. The molecule has 2 fully saturated rings. The van der Waals surface area contributed by atoms with Crippen molar-refractivity contribution in [3.05, 3.63) is 59.9 Å². The predicted molar refractivity (Wildman–Crippen MR) is 130 cm³/mol. The molecule has 0 atom stereocenters. The first-order valence-electron chi connectivity index (χ1n) is 12.3. The van der Waals surface area contributed by atoms with Gasteiger partial charge in [-0.2, -0.15) is 0 Å². The zero-order valence-corrected chi connectivity index (χ0v) is 19.3. The molecule has 3 aromatic rings. The largest absolute Gasteiger partial charge is 0.353 e. The number of carbonyl (C=O) groups is 1. The lowest BCUT2D eigenvalue weighted by molar-refractivity contribution is -0.126. The van der Waals surface area contributed by atoms with E-state index in [-0.39, 0.29) is 17.6 Å². The van der Waals surface area contributed by atoms with Crippen molar-refractivity contribution in [2.75, 3.05) is 18.0 Å². The van der Waals surface area contributed by atoms with Crippen LogP contribution in [0.2, 0.25) is 0 Å². The van der Waals surface area contributed by atoms with Gasteiger partial charge in [-0.1, -0.05) is 31.2 Å². The summed E-state index contributed by atoms with van der Waals surface area (Å²) in [6.07, 6.45) is 6.30. The van der Waals surface area contributed by atoms with E-state index in [9.17, 15) is 9.18 Å². The Labute approximate surface area is 195 Å². The molecule has 0 radical (unpaired) electrons. The van der Waals surface area contributed by atoms with E-state index >= 15 is 0 Å². The first kappa shape index (κ1) is 21.9. The molecule has 1 saturated carbocycles. The molecule has 5 nitrogen and oxygen atoms in total. The molecule has 1 aliphatic heterocycles. The fourth-order valence-corrected chi connectivity index (χ4v) is 5.34. The molecular weight excluding hydrogens is 415 g/mol. The highest BCUT2D eigenvalue weighted by molar-refractivity contribution is 5.80. The van der Waals surface area contributed by atoms with Gasteiger partial charge in [0.2, 0.25) is 11.9 Å². The molecule has 1 amide bonds. The third kappa shape index (κ3) is 4.90. The summed E-state index contributed by atoms with van der Waals surface area (Å²) in [6.45, 7) is 4.46. The van der Waals surface area contributed by atoms with E-state index in [1.54, 1.807) is 12.1 Å². The Balaban J connectivity index is 1.29. The van der Waals surface area contributed by atoms with Gasteiger partial charge in [0.25, 0.3) is 0 Å². The topological polar surface area (TPSA) is 50.2 Å². The van der Waals surface area contributed by atoms with Crippen molar-refractivity contribution in [2.24, 2.45) is 11.8 Å². The molecular formula is C27H33FN4O. The number of carbonyl (C=O) groups excluding carboxylic acids is 1. The van der Waals surface area contributed by atoms with Crippen LogP contribution in [-0.4, -0.2) is 34.6 Å². The van der Waals surface area contributed by atoms with Crippen molar-refractivity contribution in [2.45, 2.75) is 58.0 Å². The molecule has 1 N–H and O–H groups in total. The van der Waals surface area contributed by atoms with Gasteiger partial charge in [0.1, 0.15) is 5.82 Å². The van der Waals surface area contributed by atoms with Crippen LogP contribution in [0.25, 0.3) is 11.0 Å². The number of hydrogen-bond acceptors (Lipinski definition) is 3. The van der Waals surface area contributed by atoms with Gasteiger partial charge in [0.15, 0.2) is 0 Å². The van der Waals surface area contributed by atoms with Gasteiger partial charge in [-0.25, -0.2) is 9.37 Å². The Kier molecular flexibility index (Phi) is 6.34. The number of anilines is 1. The molecule has 174 valence electrons. The normalized spacial score (nSPS) is 21.9. The summed E-state index contributed by atoms with van der Waals surface area (Å²) >= 11 is 0. The Bertz CT molecular complexity index is 1110. The summed E-state index contributed by atoms with van der Waals surface area (Å²) in [5.41, 5.74) is 2.90. The number of halogens is 1. The standard InChI is InChI=1S/C27H33FN4O/c1-19-9-11-23(12-10-19)29-26(33)21-13-15-31(16-14-21)27-30-24-7-2-3-8-25(24)32(27)18-20-5-4-6-22(28)17-20/h2-8,17,19,21,23H,9-16,18H2,1H3,(H,29,33). The average Bonchev–Trinajstić information content (AvgIpc) is 3.19. The maximum Gasteiger partial charge on any atom is 0.223 e. The molecule has 1 aromatic heterocycles. The maximum absolute atomic E-state index is 13.8. The first-order chi connectivity index (χ1) is 16.1. The molecule has 0 bridgehead atoms. The molecule has 2 heterocycles. The molecule has 6 heteroatoms. The summed E-state index contributed by atoms with van der Waals surface area (Å²) in [6, 6.07) is 15.2. The number of para-hydroxylation sites is 2. The number of rotatable bonds is 5. The Morgan fingerprint density at radius 2 is 1.79 bits per heavy atom. The summed E-state index contributed by atoms with van der Waals surface area (Å²) in [4.78, 5) is 20.1. The molecule has 2 aromatic carbocycles. The maximum atomic E-state index is 13.8. The van der Waals surface area contributed by atoms with Gasteiger partial charge in [-0.3, -0.25) is 4.79 Å². The van der Waals surface area contributed by atoms with Crippen LogP contribution in [0.15, 0.2) is 48.5 Å². The van der Waals surface area contributed by atoms with Crippen LogP contribution in [0.1, 0.15) is 51.0 Å². The van der Waals surface area contributed by atoms with Crippen molar-refractivity contribution in [3.8, 4) is 0 Å². The number of amides is 1. The van der Waals surface area contributed by atoms with E-state index < -0.39 is 0 Å². The summed E-state index contributed by atoms with van der Waals surface area (Å²) in [5.74, 6) is 1.76. The van der Waals surface area contributed by atoms with Crippen LogP contribution in [0.5, 0.6) is 0 Å². The number of nitrogens with one attached hydrogen (secondary N) is 1. The number of benzene rings is 2. The fraction of sp³-hybridized carbons (Fsp3) is 0.481. The summed E-state index contributed by atoms with van der Waals surface area (Å²) in [5, 5.41) is 3.32. The second-order valence-corrected chi connectivity index (χ2v) is 9.84. The second kappa shape index (κ2) is 9.54. The zero-order chi connectivity index (χ0) is 22.8. The number of imidazole rings is 1. The Hall–Kier alpha value is -2.89. The molecule has 0 unspecified atom stereocenters. The van der Waals surface area contributed by atoms with Crippen molar-refractivity contribution in [3.63, 3.8) is 0 Å². The predicted octanol–water partition coefficient (Wildman–Crippen LogP) is 5.14. The van der Waals surface area contributed by atoms with Crippen molar-refractivity contribution < 1.29 is 9.18 Å². The van der Waals surface area contributed by atoms with Gasteiger partial charge < -0.3 is 14.8 Å². The third-order valence-corrected chi connectivity index (χ3v) is 7.37. The van der Waals surface area contributed by atoms with Crippen LogP contribution in [-0.2, 0) is 11.3 Å². The minimum absolute atomic E-state index is 0.0710. The Morgan fingerprint density at radius 1 is 1.03 bits per heavy atom. The van der Waals surface area contributed by atoms with Crippen molar-refractivity contribution in [1.82, 2.24) is 14.9 Å². The smallest absolute Gasteiger partial charge is 0.223 e. The SMILES string of the molecule is CC1CCC(NC(=O)C2CCN(c3nc4ccccc4n3Cc3cccc(F)c3)CC2)CC1. The fourth-order valence-electron chi connectivity index (χ4n) is 5.34. The first-order valence-corrected chi connectivity index (χ1v) is 12.3. The number of nitrogens with zero attached hydrogens (tertiary/aromatic N) is 3. The molecule has 33 heavy (non-hydrogen) atoms. The molecule has 1 saturated heterocycles. The molecule has 1 aliphatic carbocycles. The lowest BCUT2D eigenvalue weighted by Crippen LogP contribution is -2.45. The van der Waals surface area contributed by atoms with E-state index in [1.807, 2.05) is 24.3 Å². The van der Waals surface area contributed by atoms with E-state index in [1.165, 1.54) is 18.9 Å². The monoisotopic (exact) mass is 448 g/mol. The lowest BCUT2D eigenvalue weighted by Gasteiger charge is -2.34. The van der Waals surface area contributed by atoms with Crippen LogP contribution < -0.4 is 10.2 Å². The van der Waals surface area contributed by atoms with Gasteiger partial charge in [0, 0.05) is 25.0 Å². The molecule has 5 rings (SSSR count). The van der Waals surface area contributed by atoms with Crippen LogP contribution in [0.3, 0.4) is 0 Å². The van der Waals surface area contributed by atoms with E-state index in [4.69, 9.17) is 4.98 Å². The lowest BCUT2D eigenvalue weighted by atomic mass is 9.86. The number of fused-ring (bicyclic) bond motifs is 1.